The Hall–Kier alpha value is -3.22. The van der Waals surface area contributed by atoms with Gasteiger partial charge in [0.1, 0.15) is 6.04 Å². The van der Waals surface area contributed by atoms with Crippen LogP contribution in [0, 0.1) is 25.2 Å². The third-order valence-electron chi connectivity index (χ3n) is 7.07. The number of nitrogens with zero attached hydrogens (tertiary/aromatic N) is 2. The van der Waals surface area contributed by atoms with Crippen LogP contribution in [0.4, 0.5) is 0 Å². The number of carbonyl (C=O) groups is 3. The topological polar surface area (TPSA) is 99.1 Å². The van der Waals surface area contributed by atoms with E-state index in [-0.39, 0.29) is 17.4 Å². The maximum absolute atomic E-state index is 13.9. The Kier molecular flexibility index (Phi) is 11.2. The Morgan fingerprint density at radius 3 is 2.03 bits per heavy atom. The van der Waals surface area contributed by atoms with Crippen molar-refractivity contribution in [3.63, 3.8) is 0 Å². The van der Waals surface area contributed by atoms with Gasteiger partial charge < -0.3 is 15.3 Å². The monoisotopic (exact) mass is 525 g/mol. The average Bonchev–Trinajstić information content (AvgIpc) is 2.79. The molecule has 2 N–H and O–H groups in total. The highest BCUT2D eigenvalue weighted by atomic mass is 16.4. The molecular weight excluding hydrogens is 478 g/mol. The first kappa shape index (κ1) is 32.8. The standard InChI is InChI=1S/C31H47N3O4/c1-19(2)15-24(17-22(5)29(37)38)34(12)28(36)26(30(6,7)8)33-27(35)25(18-32-11)31(9,10)23-14-13-20(3)21(4)16-23/h13-18,24-26H,1-12H3,(H,33,35)(H,37,38)/b22-17+,32-18?/t24?,25?,26-/m1/s1. The van der Waals surface area contributed by atoms with Crippen molar-refractivity contribution in [3.05, 3.63) is 58.2 Å². The zero-order valence-electron chi connectivity index (χ0n) is 25.3. The summed E-state index contributed by atoms with van der Waals surface area (Å²) in [5.74, 6) is -2.27. The Bertz CT molecular complexity index is 1120. The fourth-order valence-corrected chi connectivity index (χ4v) is 4.22. The number of nitrogens with one attached hydrogen (secondary N) is 1. The fraction of sp³-hybridized carbons (Fsp3) is 0.548. The van der Waals surface area contributed by atoms with Crippen LogP contribution in [-0.2, 0) is 19.8 Å². The van der Waals surface area contributed by atoms with Crippen LogP contribution >= 0.6 is 0 Å². The van der Waals surface area contributed by atoms with E-state index in [4.69, 9.17) is 0 Å². The molecular formula is C31H47N3O4. The summed E-state index contributed by atoms with van der Waals surface area (Å²) in [6.07, 6.45) is 5.02. The molecule has 38 heavy (non-hydrogen) atoms. The molecule has 1 aromatic rings. The van der Waals surface area contributed by atoms with Gasteiger partial charge in [0.15, 0.2) is 0 Å². The van der Waals surface area contributed by atoms with Gasteiger partial charge in [0, 0.05) is 31.3 Å². The zero-order chi connectivity index (χ0) is 29.6. The minimum Gasteiger partial charge on any atom is -0.478 e. The fourth-order valence-electron chi connectivity index (χ4n) is 4.22. The minimum absolute atomic E-state index is 0.137. The van der Waals surface area contributed by atoms with Crippen LogP contribution in [-0.4, -0.2) is 60.2 Å². The second kappa shape index (κ2) is 13.0. The van der Waals surface area contributed by atoms with Crippen LogP contribution in [0.1, 0.15) is 72.1 Å². The van der Waals surface area contributed by atoms with Crippen molar-refractivity contribution in [1.29, 1.82) is 0 Å². The number of carboxylic acids is 1. The van der Waals surface area contributed by atoms with Crippen molar-refractivity contribution in [2.45, 2.75) is 86.7 Å². The third-order valence-corrected chi connectivity index (χ3v) is 7.07. The molecule has 0 aromatic heterocycles. The number of benzene rings is 1. The zero-order valence-corrected chi connectivity index (χ0v) is 25.3. The number of aliphatic imine (C=N–C) groups is 1. The van der Waals surface area contributed by atoms with Crippen LogP contribution in [0.3, 0.4) is 0 Å². The van der Waals surface area contributed by atoms with E-state index in [9.17, 15) is 19.5 Å². The van der Waals surface area contributed by atoms with Crippen molar-refractivity contribution >= 4 is 24.0 Å². The molecule has 0 heterocycles. The molecule has 7 heteroatoms. The Labute approximate surface area is 229 Å². The smallest absolute Gasteiger partial charge is 0.331 e. The maximum Gasteiger partial charge on any atom is 0.331 e. The number of likely N-dealkylation sites (N-methyl/N-ethyl adjacent to an activating group) is 1. The first-order valence-electron chi connectivity index (χ1n) is 13.0. The van der Waals surface area contributed by atoms with E-state index in [0.29, 0.717) is 0 Å². The van der Waals surface area contributed by atoms with Gasteiger partial charge in [-0.15, -0.1) is 0 Å². The molecule has 0 aliphatic heterocycles. The summed E-state index contributed by atoms with van der Waals surface area (Å²) in [5.41, 5.74) is 3.20. The first-order valence-corrected chi connectivity index (χ1v) is 13.0. The van der Waals surface area contributed by atoms with E-state index in [1.54, 1.807) is 26.4 Å². The molecule has 0 spiro atoms. The van der Waals surface area contributed by atoms with E-state index >= 15 is 0 Å². The van der Waals surface area contributed by atoms with E-state index in [2.05, 4.69) is 29.4 Å². The summed E-state index contributed by atoms with van der Waals surface area (Å²) < 4.78 is 0. The van der Waals surface area contributed by atoms with Gasteiger partial charge in [-0.25, -0.2) is 4.79 Å². The average molecular weight is 526 g/mol. The molecule has 0 saturated heterocycles. The van der Waals surface area contributed by atoms with Gasteiger partial charge in [-0.05, 0) is 62.8 Å². The number of carbonyl (C=O) groups excluding carboxylic acids is 2. The lowest BCUT2D eigenvalue weighted by atomic mass is 9.72. The van der Waals surface area contributed by atoms with Crippen LogP contribution in [0.5, 0.6) is 0 Å². The molecule has 0 aliphatic rings. The van der Waals surface area contributed by atoms with E-state index in [0.717, 1.165) is 16.7 Å². The van der Waals surface area contributed by atoms with Crippen molar-refractivity contribution in [2.75, 3.05) is 14.1 Å². The number of hydrogen-bond donors (Lipinski definition) is 2. The molecule has 3 atom stereocenters. The number of hydrogen-bond acceptors (Lipinski definition) is 4. The van der Waals surface area contributed by atoms with Crippen molar-refractivity contribution < 1.29 is 19.5 Å². The summed E-state index contributed by atoms with van der Waals surface area (Å²) in [6.45, 7) is 19.1. The SMILES string of the molecule is CN=CC(C(=O)N[C@H](C(=O)N(C)C(C=C(C)C)/C=C(\C)C(=O)O)C(C)(C)C)C(C)(C)c1ccc(C)c(C)c1. The Balaban J connectivity index is 3.46. The van der Waals surface area contributed by atoms with E-state index in [1.807, 2.05) is 67.5 Å². The molecule has 0 aliphatic carbocycles. The summed E-state index contributed by atoms with van der Waals surface area (Å²) in [7, 11) is 3.27. The van der Waals surface area contributed by atoms with Crippen molar-refractivity contribution in [1.82, 2.24) is 10.2 Å². The lowest BCUT2D eigenvalue weighted by molar-refractivity contribution is -0.139. The highest BCUT2D eigenvalue weighted by Gasteiger charge is 2.41. The van der Waals surface area contributed by atoms with E-state index in [1.165, 1.54) is 17.4 Å². The molecule has 0 radical (unpaired) electrons. The summed E-state index contributed by atoms with van der Waals surface area (Å²) in [6, 6.07) is 4.75. The second-order valence-corrected chi connectivity index (χ2v) is 12.1. The van der Waals surface area contributed by atoms with Gasteiger partial charge in [0.25, 0.3) is 0 Å². The van der Waals surface area contributed by atoms with Crippen molar-refractivity contribution in [2.24, 2.45) is 16.3 Å². The van der Waals surface area contributed by atoms with Crippen LogP contribution in [0.25, 0.3) is 0 Å². The third kappa shape index (κ3) is 8.40. The summed E-state index contributed by atoms with van der Waals surface area (Å²) in [4.78, 5) is 44.8. The molecule has 2 unspecified atom stereocenters. The predicted octanol–water partition coefficient (Wildman–Crippen LogP) is 5.25. The molecule has 2 amide bonds. The number of aliphatic carboxylic acids is 1. The normalized spacial score (nSPS) is 15.0. The predicted molar refractivity (Wildman–Crippen MR) is 156 cm³/mol. The quantitative estimate of drug-likeness (QED) is 0.247. The molecule has 1 aromatic carbocycles. The Morgan fingerprint density at radius 2 is 1.58 bits per heavy atom. The first-order chi connectivity index (χ1) is 17.3. The van der Waals surface area contributed by atoms with Gasteiger partial charge in [0.05, 0.1) is 12.0 Å². The largest absolute Gasteiger partial charge is 0.478 e. The van der Waals surface area contributed by atoms with E-state index < -0.39 is 34.8 Å². The van der Waals surface area contributed by atoms with Gasteiger partial charge in [-0.2, -0.15) is 0 Å². The Morgan fingerprint density at radius 1 is 1.00 bits per heavy atom. The maximum atomic E-state index is 13.9. The molecule has 210 valence electrons. The van der Waals surface area contributed by atoms with Gasteiger partial charge in [-0.1, -0.05) is 64.5 Å². The minimum atomic E-state index is -1.05. The lowest BCUT2D eigenvalue weighted by Gasteiger charge is -2.38. The number of allylic oxidation sites excluding steroid dienone is 1. The number of carboxylic acid groups (broad SMARTS) is 1. The summed E-state index contributed by atoms with van der Waals surface area (Å²) in [5, 5.41) is 12.4. The van der Waals surface area contributed by atoms with Gasteiger partial charge in [-0.3, -0.25) is 14.6 Å². The highest BCUT2D eigenvalue weighted by molar-refractivity contribution is 5.98. The summed E-state index contributed by atoms with van der Waals surface area (Å²) >= 11 is 0. The van der Waals surface area contributed by atoms with Gasteiger partial charge >= 0.3 is 5.97 Å². The van der Waals surface area contributed by atoms with Crippen LogP contribution < -0.4 is 5.32 Å². The van der Waals surface area contributed by atoms with Gasteiger partial charge in [0.2, 0.25) is 11.8 Å². The van der Waals surface area contributed by atoms with Crippen molar-refractivity contribution in [3.8, 4) is 0 Å². The molecule has 7 nitrogen and oxygen atoms in total. The number of rotatable bonds is 10. The molecule has 0 bridgehead atoms. The molecule has 1 rings (SSSR count). The van der Waals surface area contributed by atoms with Crippen LogP contribution in [0.2, 0.25) is 0 Å². The molecule has 0 fully saturated rings. The second-order valence-electron chi connectivity index (χ2n) is 12.1. The molecule has 0 saturated carbocycles. The number of aryl methyl sites for hydroxylation is 2. The lowest BCUT2D eigenvalue weighted by Crippen LogP contribution is -2.58. The number of amides is 2. The highest BCUT2D eigenvalue weighted by Crippen LogP contribution is 2.33. The van der Waals surface area contributed by atoms with Crippen LogP contribution in [0.15, 0.2) is 46.5 Å².